The van der Waals surface area contributed by atoms with Crippen molar-refractivity contribution in [2.45, 2.75) is 19.8 Å². The highest BCUT2D eigenvalue weighted by molar-refractivity contribution is 7.80. The number of halogens is 2. The topological polar surface area (TPSA) is 61.4 Å². The molecule has 0 bridgehead atoms. The number of hydrogen-bond acceptors (Lipinski definition) is 3. The summed E-state index contributed by atoms with van der Waals surface area (Å²) in [6.45, 7) is 4.16. The number of benzene rings is 2. The molecule has 0 aromatic heterocycles. The quantitative estimate of drug-likeness (QED) is 0.519. The number of hydrogen-bond donors (Lipinski definition) is 3. The lowest BCUT2D eigenvalue weighted by Crippen LogP contribution is -2.34. The molecule has 0 heterocycles. The van der Waals surface area contributed by atoms with E-state index in [2.05, 4.69) is 24.5 Å². The number of amides is 1. The SMILES string of the molecule is CC(C)c1ccc(C(=O)NC(=S)Nc2cc(Cl)cc(Cl)c2O)cc1. The van der Waals surface area contributed by atoms with Crippen molar-refractivity contribution in [3.05, 3.63) is 57.6 Å². The zero-order valence-electron chi connectivity index (χ0n) is 13.1. The minimum Gasteiger partial charge on any atom is -0.504 e. The molecule has 0 saturated heterocycles. The maximum Gasteiger partial charge on any atom is 0.257 e. The average Bonchev–Trinajstić information content (AvgIpc) is 2.52. The van der Waals surface area contributed by atoms with Crippen LogP contribution in [0.15, 0.2) is 36.4 Å². The van der Waals surface area contributed by atoms with Crippen LogP contribution in [-0.4, -0.2) is 16.1 Å². The number of phenols is 1. The van der Waals surface area contributed by atoms with E-state index in [1.807, 2.05) is 12.1 Å². The molecule has 7 heteroatoms. The van der Waals surface area contributed by atoms with E-state index in [0.29, 0.717) is 16.5 Å². The van der Waals surface area contributed by atoms with Crippen molar-refractivity contribution in [2.24, 2.45) is 0 Å². The van der Waals surface area contributed by atoms with Crippen molar-refractivity contribution < 1.29 is 9.90 Å². The molecule has 0 spiro atoms. The molecule has 1 amide bonds. The van der Waals surface area contributed by atoms with Crippen molar-refractivity contribution in [3.8, 4) is 5.75 Å². The van der Waals surface area contributed by atoms with Crippen LogP contribution in [0.3, 0.4) is 0 Å². The molecule has 3 N–H and O–H groups in total. The van der Waals surface area contributed by atoms with Crippen molar-refractivity contribution in [2.75, 3.05) is 5.32 Å². The Balaban J connectivity index is 2.05. The second-order valence-corrected chi connectivity index (χ2v) is 6.72. The first-order chi connectivity index (χ1) is 11.3. The van der Waals surface area contributed by atoms with Crippen LogP contribution in [0.2, 0.25) is 10.0 Å². The van der Waals surface area contributed by atoms with Crippen LogP contribution in [0, 0.1) is 0 Å². The van der Waals surface area contributed by atoms with Crippen molar-refractivity contribution >= 4 is 52.1 Å². The number of thiocarbonyl (C=S) groups is 1. The van der Waals surface area contributed by atoms with Gasteiger partial charge in [0.15, 0.2) is 10.9 Å². The van der Waals surface area contributed by atoms with E-state index in [0.717, 1.165) is 5.56 Å². The fraction of sp³-hybridized carbons (Fsp3) is 0.176. The summed E-state index contributed by atoms with van der Waals surface area (Å²) >= 11 is 16.8. The molecule has 0 fully saturated rings. The van der Waals surface area contributed by atoms with Gasteiger partial charge in [0.1, 0.15) is 0 Å². The van der Waals surface area contributed by atoms with E-state index in [-0.39, 0.29) is 27.5 Å². The number of carbonyl (C=O) groups is 1. The predicted octanol–water partition coefficient (Wildman–Crippen LogP) is 4.95. The Labute approximate surface area is 155 Å². The summed E-state index contributed by atoms with van der Waals surface area (Å²) in [6.07, 6.45) is 0. The monoisotopic (exact) mass is 382 g/mol. The van der Waals surface area contributed by atoms with Gasteiger partial charge in [-0.2, -0.15) is 0 Å². The zero-order chi connectivity index (χ0) is 17.9. The van der Waals surface area contributed by atoms with E-state index >= 15 is 0 Å². The first kappa shape index (κ1) is 18.5. The fourth-order valence-electron chi connectivity index (χ4n) is 2.01. The van der Waals surface area contributed by atoms with Crippen molar-refractivity contribution in [1.29, 1.82) is 0 Å². The minimum absolute atomic E-state index is 0.0292. The fourth-order valence-corrected chi connectivity index (χ4v) is 2.71. The number of carbonyl (C=O) groups excluding carboxylic acids is 1. The molecular formula is C17H16Cl2N2O2S. The lowest BCUT2D eigenvalue weighted by atomic mass is 10.0. The Hall–Kier alpha value is -1.82. The molecule has 2 aromatic carbocycles. The Morgan fingerprint density at radius 3 is 2.38 bits per heavy atom. The zero-order valence-corrected chi connectivity index (χ0v) is 15.4. The molecule has 2 rings (SSSR count). The summed E-state index contributed by atoms with van der Waals surface area (Å²) in [5.41, 5.74) is 1.84. The highest BCUT2D eigenvalue weighted by Crippen LogP contribution is 2.34. The highest BCUT2D eigenvalue weighted by atomic mass is 35.5. The second kappa shape index (κ2) is 7.83. The summed E-state index contributed by atoms with van der Waals surface area (Å²) < 4.78 is 0. The van der Waals surface area contributed by atoms with Crippen LogP contribution in [0.1, 0.15) is 35.7 Å². The van der Waals surface area contributed by atoms with Gasteiger partial charge in [0, 0.05) is 10.6 Å². The third-order valence-corrected chi connectivity index (χ3v) is 4.05. The maximum absolute atomic E-state index is 12.2. The molecular weight excluding hydrogens is 367 g/mol. The number of nitrogens with one attached hydrogen (secondary N) is 2. The van der Waals surface area contributed by atoms with Crippen molar-refractivity contribution in [1.82, 2.24) is 5.32 Å². The van der Waals surface area contributed by atoms with E-state index in [1.54, 1.807) is 12.1 Å². The molecule has 0 atom stereocenters. The summed E-state index contributed by atoms with van der Waals surface area (Å²) in [4.78, 5) is 12.2. The summed E-state index contributed by atoms with van der Waals surface area (Å²) in [7, 11) is 0. The Bertz CT molecular complexity index is 777. The molecule has 2 aromatic rings. The lowest BCUT2D eigenvalue weighted by molar-refractivity contribution is 0.0977. The summed E-state index contributed by atoms with van der Waals surface area (Å²) in [5.74, 6) is -0.158. The van der Waals surface area contributed by atoms with Gasteiger partial charge in [-0.1, -0.05) is 49.2 Å². The van der Waals surface area contributed by atoms with Crippen LogP contribution in [0.25, 0.3) is 0 Å². The molecule has 0 unspecified atom stereocenters. The number of rotatable bonds is 3. The Kier molecular flexibility index (Phi) is 6.04. The highest BCUT2D eigenvalue weighted by Gasteiger charge is 2.12. The van der Waals surface area contributed by atoms with Gasteiger partial charge in [0.05, 0.1) is 10.7 Å². The van der Waals surface area contributed by atoms with Crippen LogP contribution >= 0.6 is 35.4 Å². The minimum atomic E-state index is -0.351. The van der Waals surface area contributed by atoms with Gasteiger partial charge in [-0.3, -0.25) is 10.1 Å². The first-order valence-electron chi connectivity index (χ1n) is 7.18. The average molecular weight is 383 g/mol. The summed E-state index contributed by atoms with van der Waals surface area (Å²) in [5, 5.41) is 15.6. The van der Waals surface area contributed by atoms with Gasteiger partial charge in [0.2, 0.25) is 0 Å². The smallest absolute Gasteiger partial charge is 0.257 e. The normalized spacial score (nSPS) is 10.5. The molecule has 0 radical (unpaired) electrons. The number of anilines is 1. The van der Waals surface area contributed by atoms with Gasteiger partial charge in [0.25, 0.3) is 5.91 Å². The van der Waals surface area contributed by atoms with Crippen LogP contribution < -0.4 is 10.6 Å². The Morgan fingerprint density at radius 2 is 1.79 bits per heavy atom. The number of phenolic OH excluding ortho intramolecular Hbond substituents is 1. The third-order valence-electron chi connectivity index (χ3n) is 3.34. The van der Waals surface area contributed by atoms with E-state index in [9.17, 15) is 9.90 Å². The predicted molar refractivity (Wildman–Crippen MR) is 102 cm³/mol. The van der Waals surface area contributed by atoms with Gasteiger partial charge in [-0.25, -0.2) is 0 Å². The van der Waals surface area contributed by atoms with Gasteiger partial charge in [-0.05, 0) is 48.0 Å². The third kappa shape index (κ3) is 4.60. The number of aromatic hydroxyl groups is 1. The van der Waals surface area contributed by atoms with Gasteiger partial charge < -0.3 is 10.4 Å². The lowest BCUT2D eigenvalue weighted by Gasteiger charge is -2.12. The first-order valence-corrected chi connectivity index (χ1v) is 8.34. The van der Waals surface area contributed by atoms with E-state index < -0.39 is 0 Å². The van der Waals surface area contributed by atoms with Gasteiger partial charge in [-0.15, -0.1) is 0 Å². The molecule has 4 nitrogen and oxygen atoms in total. The van der Waals surface area contributed by atoms with Crippen LogP contribution in [0.4, 0.5) is 5.69 Å². The molecule has 0 saturated carbocycles. The molecule has 0 aliphatic rings. The second-order valence-electron chi connectivity index (χ2n) is 5.47. The molecule has 0 aliphatic heterocycles. The summed E-state index contributed by atoms with van der Waals surface area (Å²) in [6, 6.07) is 10.1. The maximum atomic E-state index is 12.2. The van der Waals surface area contributed by atoms with Crippen LogP contribution in [-0.2, 0) is 0 Å². The largest absolute Gasteiger partial charge is 0.504 e. The van der Waals surface area contributed by atoms with E-state index in [4.69, 9.17) is 35.4 Å². The van der Waals surface area contributed by atoms with Gasteiger partial charge >= 0.3 is 0 Å². The Morgan fingerprint density at radius 1 is 1.17 bits per heavy atom. The standard InChI is InChI=1S/C17H16Cl2N2O2S/c1-9(2)10-3-5-11(6-4-10)16(23)21-17(24)20-14-8-12(18)7-13(19)15(14)22/h3-9,22H,1-2H3,(H2,20,21,23,24). The molecule has 126 valence electrons. The van der Waals surface area contributed by atoms with Crippen LogP contribution in [0.5, 0.6) is 5.75 Å². The van der Waals surface area contributed by atoms with E-state index in [1.165, 1.54) is 12.1 Å². The molecule has 24 heavy (non-hydrogen) atoms. The molecule has 0 aliphatic carbocycles. The van der Waals surface area contributed by atoms with Crippen molar-refractivity contribution in [3.63, 3.8) is 0 Å².